The van der Waals surface area contributed by atoms with Crippen LogP contribution < -0.4 is 4.74 Å². The smallest absolute Gasteiger partial charge is 0.196 e. The van der Waals surface area contributed by atoms with Crippen molar-refractivity contribution < 1.29 is 18.3 Å². The molecule has 0 saturated heterocycles. The van der Waals surface area contributed by atoms with Gasteiger partial charge in [0.25, 0.3) is 0 Å². The molecule has 0 spiro atoms. The van der Waals surface area contributed by atoms with Crippen molar-refractivity contribution in [1.82, 2.24) is 0 Å². The van der Waals surface area contributed by atoms with E-state index in [9.17, 15) is 13.6 Å². The highest BCUT2D eigenvalue weighted by atomic mass is 79.9. The average Bonchev–Trinajstić information content (AvgIpc) is 2.40. The molecule has 0 heterocycles. The molecule has 2 aromatic carbocycles. The molecule has 0 bridgehead atoms. The van der Waals surface area contributed by atoms with Crippen LogP contribution in [-0.4, -0.2) is 12.9 Å². The Morgan fingerprint density at radius 1 is 1.21 bits per heavy atom. The molecule has 19 heavy (non-hydrogen) atoms. The lowest BCUT2D eigenvalue weighted by atomic mass is 10.0. The van der Waals surface area contributed by atoms with Gasteiger partial charge in [-0.3, -0.25) is 4.79 Å². The largest absolute Gasteiger partial charge is 0.496 e. The van der Waals surface area contributed by atoms with Gasteiger partial charge in [0, 0.05) is 11.6 Å². The third kappa shape index (κ3) is 2.81. The van der Waals surface area contributed by atoms with Crippen LogP contribution in [-0.2, 0) is 0 Å². The highest BCUT2D eigenvalue weighted by molar-refractivity contribution is 9.10. The zero-order chi connectivity index (χ0) is 14.0. The van der Waals surface area contributed by atoms with E-state index in [0.717, 1.165) is 12.1 Å². The first-order valence-electron chi connectivity index (χ1n) is 5.36. The van der Waals surface area contributed by atoms with Crippen LogP contribution in [0.15, 0.2) is 40.9 Å². The van der Waals surface area contributed by atoms with E-state index in [0.29, 0.717) is 0 Å². The van der Waals surface area contributed by atoms with E-state index in [1.54, 1.807) is 0 Å². The van der Waals surface area contributed by atoms with Gasteiger partial charge in [0.15, 0.2) is 5.78 Å². The van der Waals surface area contributed by atoms with E-state index in [1.165, 1.54) is 31.4 Å². The summed E-state index contributed by atoms with van der Waals surface area (Å²) in [5.41, 5.74) is 0.346. The van der Waals surface area contributed by atoms with Crippen LogP contribution >= 0.6 is 15.9 Å². The van der Waals surface area contributed by atoms with Gasteiger partial charge in [-0.25, -0.2) is 8.78 Å². The van der Waals surface area contributed by atoms with E-state index in [2.05, 4.69) is 15.9 Å². The molecule has 0 radical (unpaired) electrons. The topological polar surface area (TPSA) is 26.3 Å². The van der Waals surface area contributed by atoms with Crippen molar-refractivity contribution in [3.63, 3.8) is 0 Å². The molecule has 2 nitrogen and oxygen atoms in total. The maximum Gasteiger partial charge on any atom is 0.196 e. The van der Waals surface area contributed by atoms with E-state index < -0.39 is 17.4 Å². The van der Waals surface area contributed by atoms with Gasteiger partial charge in [0.05, 0.1) is 17.1 Å². The summed E-state index contributed by atoms with van der Waals surface area (Å²) in [5.74, 6) is -1.37. The van der Waals surface area contributed by atoms with Crippen LogP contribution in [0.2, 0.25) is 0 Å². The number of carbonyl (C=O) groups excluding carboxylic acids is 1. The molecule has 5 heteroatoms. The molecule has 2 aromatic rings. The number of ketones is 1. The zero-order valence-electron chi connectivity index (χ0n) is 9.91. The molecule has 2 rings (SSSR count). The van der Waals surface area contributed by atoms with Gasteiger partial charge >= 0.3 is 0 Å². The highest BCUT2D eigenvalue weighted by Gasteiger charge is 2.17. The summed E-state index contributed by atoms with van der Waals surface area (Å²) in [6.45, 7) is 0. The number of carbonyl (C=O) groups is 1. The molecule has 0 N–H and O–H groups in total. The predicted molar refractivity (Wildman–Crippen MR) is 70.5 cm³/mol. The van der Waals surface area contributed by atoms with Gasteiger partial charge in [-0.05, 0) is 34.1 Å². The summed E-state index contributed by atoms with van der Waals surface area (Å²) >= 11 is 3.01. The number of halogens is 3. The van der Waals surface area contributed by atoms with Crippen molar-refractivity contribution in [2.24, 2.45) is 0 Å². The fraction of sp³-hybridized carbons (Fsp3) is 0.0714. The number of hydrogen-bond donors (Lipinski definition) is 0. The van der Waals surface area contributed by atoms with Crippen molar-refractivity contribution in [2.45, 2.75) is 0 Å². The van der Waals surface area contributed by atoms with Crippen molar-refractivity contribution >= 4 is 21.7 Å². The van der Waals surface area contributed by atoms with Crippen LogP contribution in [0.1, 0.15) is 15.9 Å². The quantitative estimate of drug-likeness (QED) is 0.798. The van der Waals surface area contributed by atoms with Gasteiger partial charge in [-0.15, -0.1) is 0 Å². The summed E-state index contributed by atoms with van der Waals surface area (Å²) in [6.07, 6.45) is 0. The lowest BCUT2D eigenvalue weighted by Gasteiger charge is -2.09. The highest BCUT2D eigenvalue weighted by Crippen LogP contribution is 2.28. The number of rotatable bonds is 3. The summed E-state index contributed by atoms with van der Waals surface area (Å²) in [5, 5.41) is 0. The molecule has 0 aliphatic heterocycles. The Hall–Kier alpha value is -1.75. The standard InChI is InChI=1S/C14H9BrF2O2/c1-19-13-7-12(17)11(15)6-10(13)14(18)8-3-2-4-9(16)5-8/h2-7H,1H3. The molecule has 0 amide bonds. The van der Waals surface area contributed by atoms with Crippen molar-refractivity contribution in [1.29, 1.82) is 0 Å². The minimum Gasteiger partial charge on any atom is -0.496 e. The molecular formula is C14H9BrF2O2. The predicted octanol–water partition coefficient (Wildman–Crippen LogP) is 3.97. The molecule has 0 aromatic heterocycles. The summed E-state index contributed by atoms with van der Waals surface area (Å²) in [6, 6.07) is 7.72. The minimum atomic E-state index is -0.535. The second kappa shape index (κ2) is 5.48. The molecule has 0 aliphatic rings. The maximum absolute atomic E-state index is 13.4. The van der Waals surface area contributed by atoms with Crippen molar-refractivity contribution in [3.05, 3.63) is 63.6 Å². The first-order valence-corrected chi connectivity index (χ1v) is 6.15. The van der Waals surface area contributed by atoms with Gasteiger partial charge < -0.3 is 4.74 Å². The zero-order valence-corrected chi connectivity index (χ0v) is 11.5. The number of benzene rings is 2. The Balaban J connectivity index is 2.52. The van der Waals surface area contributed by atoms with Crippen molar-refractivity contribution in [3.8, 4) is 5.75 Å². The van der Waals surface area contributed by atoms with Crippen LogP contribution in [0.25, 0.3) is 0 Å². The van der Waals surface area contributed by atoms with E-state index in [1.807, 2.05) is 0 Å². The Morgan fingerprint density at radius 3 is 2.58 bits per heavy atom. The first-order chi connectivity index (χ1) is 9.02. The average molecular weight is 327 g/mol. The van der Waals surface area contributed by atoms with E-state index >= 15 is 0 Å². The molecular weight excluding hydrogens is 318 g/mol. The van der Waals surface area contributed by atoms with E-state index in [-0.39, 0.29) is 21.3 Å². The van der Waals surface area contributed by atoms with Gasteiger partial charge in [-0.1, -0.05) is 12.1 Å². The molecule has 98 valence electrons. The van der Waals surface area contributed by atoms with Crippen molar-refractivity contribution in [2.75, 3.05) is 7.11 Å². The molecule has 0 saturated carbocycles. The fourth-order valence-electron chi connectivity index (χ4n) is 1.66. The summed E-state index contributed by atoms with van der Waals surface area (Å²) in [4.78, 5) is 12.3. The Kier molecular flexibility index (Phi) is 3.95. The Bertz CT molecular complexity index is 641. The third-order valence-electron chi connectivity index (χ3n) is 2.57. The van der Waals surface area contributed by atoms with Crippen LogP contribution in [0, 0.1) is 11.6 Å². The lowest BCUT2D eigenvalue weighted by Crippen LogP contribution is -2.05. The normalized spacial score (nSPS) is 10.3. The summed E-state index contributed by atoms with van der Waals surface area (Å²) < 4.78 is 31.6. The van der Waals surface area contributed by atoms with E-state index in [4.69, 9.17) is 4.74 Å². The van der Waals surface area contributed by atoms with Crippen LogP contribution in [0.4, 0.5) is 8.78 Å². The first kappa shape index (κ1) is 13.7. The van der Waals surface area contributed by atoms with Gasteiger partial charge in [0.2, 0.25) is 0 Å². The molecule has 0 aliphatic carbocycles. The minimum absolute atomic E-state index is 0.106. The van der Waals surface area contributed by atoms with Gasteiger partial charge in [0.1, 0.15) is 17.4 Å². The van der Waals surface area contributed by atoms with Gasteiger partial charge in [-0.2, -0.15) is 0 Å². The lowest BCUT2D eigenvalue weighted by molar-refractivity contribution is 0.103. The second-order valence-electron chi connectivity index (χ2n) is 3.81. The number of ether oxygens (including phenoxy) is 1. The second-order valence-corrected chi connectivity index (χ2v) is 4.66. The Labute approximate surface area is 117 Å². The van der Waals surface area contributed by atoms with Crippen LogP contribution in [0.5, 0.6) is 5.75 Å². The number of hydrogen-bond acceptors (Lipinski definition) is 2. The molecule has 0 unspecified atom stereocenters. The molecule has 0 fully saturated rings. The fourth-order valence-corrected chi connectivity index (χ4v) is 2.00. The maximum atomic E-state index is 13.4. The monoisotopic (exact) mass is 326 g/mol. The summed E-state index contributed by atoms with van der Waals surface area (Å²) in [7, 11) is 1.34. The SMILES string of the molecule is COc1cc(F)c(Br)cc1C(=O)c1cccc(F)c1. The van der Waals surface area contributed by atoms with Crippen LogP contribution in [0.3, 0.4) is 0 Å². The number of methoxy groups -OCH3 is 1. The third-order valence-corrected chi connectivity index (χ3v) is 3.18. The molecule has 0 atom stereocenters. The Morgan fingerprint density at radius 2 is 1.95 bits per heavy atom.